The van der Waals surface area contributed by atoms with E-state index in [1.165, 1.54) is 30.1 Å². The maximum Gasteiger partial charge on any atom is 0.275 e. The van der Waals surface area contributed by atoms with Crippen molar-refractivity contribution in [3.8, 4) is 5.75 Å². The molecule has 0 spiro atoms. The number of amides is 1. The van der Waals surface area contributed by atoms with Gasteiger partial charge in [0, 0.05) is 38.9 Å². The number of carbonyl (C=O) groups excluding carboxylic acids is 1. The number of carbonyl (C=O) groups is 1. The van der Waals surface area contributed by atoms with Gasteiger partial charge in [-0.15, -0.1) is 0 Å². The zero-order valence-electron chi connectivity index (χ0n) is 18.2. The van der Waals surface area contributed by atoms with Crippen molar-refractivity contribution in [3.05, 3.63) is 98.6 Å². The molecular formula is C24H19ClN4O4S2. The molecule has 1 aliphatic rings. The second kappa shape index (κ2) is 11.9. The van der Waals surface area contributed by atoms with Crippen molar-refractivity contribution in [1.29, 1.82) is 0 Å². The topological polar surface area (TPSA) is 106 Å². The molecule has 8 nitrogen and oxygen atoms in total. The van der Waals surface area contributed by atoms with E-state index >= 15 is 0 Å². The summed E-state index contributed by atoms with van der Waals surface area (Å²) < 4.78 is 6.73. The molecule has 0 aliphatic carbocycles. The van der Waals surface area contributed by atoms with Gasteiger partial charge in [0.15, 0.2) is 0 Å². The van der Waals surface area contributed by atoms with Crippen molar-refractivity contribution in [2.24, 2.45) is 10.1 Å². The largest absolute Gasteiger partial charge is 0.488 e. The number of aliphatic imine (C=N–C) groups is 1. The van der Waals surface area contributed by atoms with Crippen LogP contribution >= 0.6 is 35.1 Å². The Balaban J connectivity index is 1.48. The van der Waals surface area contributed by atoms with E-state index in [9.17, 15) is 14.9 Å². The molecule has 0 atom stereocenters. The highest BCUT2D eigenvalue weighted by molar-refractivity contribution is 8.39. The van der Waals surface area contributed by atoms with E-state index in [4.69, 9.17) is 16.3 Å². The summed E-state index contributed by atoms with van der Waals surface area (Å²) in [5, 5.41) is 15.9. The quantitative estimate of drug-likeness (QED) is 0.226. The van der Waals surface area contributed by atoms with Gasteiger partial charge in [-0.3, -0.25) is 19.9 Å². The molecule has 0 unspecified atom stereocenters. The molecule has 0 aromatic heterocycles. The van der Waals surface area contributed by atoms with Crippen molar-refractivity contribution in [3.63, 3.8) is 0 Å². The Labute approximate surface area is 215 Å². The number of nitrogens with zero attached hydrogens (tertiary/aromatic N) is 3. The molecule has 35 heavy (non-hydrogen) atoms. The average Bonchev–Trinajstić information content (AvgIpc) is 3.37. The van der Waals surface area contributed by atoms with Crippen LogP contribution in [0.1, 0.15) is 21.5 Å². The van der Waals surface area contributed by atoms with E-state index in [-0.39, 0.29) is 12.3 Å². The van der Waals surface area contributed by atoms with E-state index in [2.05, 4.69) is 15.5 Å². The number of hydrogen-bond donors (Lipinski definition) is 1. The molecule has 1 amide bonds. The highest BCUT2D eigenvalue weighted by Gasteiger charge is 2.16. The Hall–Kier alpha value is -3.34. The average molecular weight is 527 g/mol. The Kier molecular flexibility index (Phi) is 8.40. The molecule has 3 aromatic carbocycles. The standard InChI is InChI=1S/C24H19ClN4O4S2/c25-20-7-3-1-5-16(20)15-33-21-8-4-2-6-19(21)23(30)28-27-14-17-13-18(29(31)32)9-10-22(17)35-24-26-11-12-34-24/h1-10,13-14H,11-12,15H2,(H,28,30)/b27-14+. The molecule has 11 heteroatoms. The summed E-state index contributed by atoms with van der Waals surface area (Å²) >= 11 is 9.23. The SMILES string of the molecule is O=C(N/N=C/c1cc([N+](=O)[O-])ccc1SC1=NCCS1)c1ccccc1OCc1ccccc1Cl. The molecule has 0 radical (unpaired) electrons. The third-order valence-corrected chi connectivity index (χ3v) is 7.43. The maximum absolute atomic E-state index is 12.8. The molecule has 1 aliphatic heterocycles. The van der Waals surface area contributed by atoms with Crippen LogP contribution in [-0.4, -0.2) is 33.7 Å². The van der Waals surface area contributed by atoms with Gasteiger partial charge >= 0.3 is 0 Å². The summed E-state index contributed by atoms with van der Waals surface area (Å²) in [7, 11) is 0. The molecule has 1 heterocycles. The molecule has 0 saturated heterocycles. The number of nitro groups is 1. The van der Waals surface area contributed by atoms with Crippen LogP contribution in [0.15, 0.2) is 81.7 Å². The molecule has 0 fully saturated rings. The number of benzene rings is 3. The van der Waals surface area contributed by atoms with E-state index in [1.54, 1.807) is 48.2 Å². The zero-order chi connectivity index (χ0) is 24.6. The van der Waals surface area contributed by atoms with Crippen LogP contribution in [0.5, 0.6) is 5.75 Å². The lowest BCUT2D eigenvalue weighted by molar-refractivity contribution is -0.384. The van der Waals surface area contributed by atoms with Crippen LogP contribution < -0.4 is 10.2 Å². The molecule has 1 N–H and O–H groups in total. The number of halogens is 1. The third-order valence-electron chi connectivity index (χ3n) is 4.80. The van der Waals surface area contributed by atoms with E-state index in [0.717, 1.165) is 27.1 Å². The fraction of sp³-hybridized carbons (Fsp3) is 0.125. The minimum Gasteiger partial charge on any atom is -0.488 e. The lowest BCUT2D eigenvalue weighted by atomic mass is 10.2. The summed E-state index contributed by atoms with van der Waals surface area (Å²) in [6, 6.07) is 18.6. The molecular weight excluding hydrogens is 508 g/mol. The van der Waals surface area contributed by atoms with Crippen LogP contribution in [-0.2, 0) is 6.61 Å². The van der Waals surface area contributed by atoms with Crippen LogP contribution in [0.4, 0.5) is 5.69 Å². The van der Waals surface area contributed by atoms with Crippen LogP contribution in [0.2, 0.25) is 5.02 Å². The number of hydrogen-bond acceptors (Lipinski definition) is 8. The Morgan fingerprint density at radius 2 is 2.03 bits per heavy atom. The number of nitrogens with one attached hydrogen (secondary N) is 1. The number of hydrazone groups is 1. The van der Waals surface area contributed by atoms with Crippen molar-refractivity contribution < 1.29 is 14.5 Å². The van der Waals surface area contributed by atoms with Crippen LogP contribution in [0.25, 0.3) is 0 Å². The first-order chi connectivity index (χ1) is 17.0. The van der Waals surface area contributed by atoms with Gasteiger partial charge in [0.05, 0.1) is 23.2 Å². The fourth-order valence-corrected chi connectivity index (χ4v) is 5.28. The lowest BCUT2D eigenvalue weighted by Gasteiger charge is -2.11. The first-order valence-corrected chi connectivity index (χ1v) is 12.6. The van der Waals surface area contributed by atoms with E-state index in [0.29, 0.717) is 21.9 Å². The van der Waals surface area contributed by atoms with E-state index < -0.39 is 10.8 Å². The highest BCUT2D eigenvalue weighted by Crippen LogP contribution is 2.32. The Bertz CT molecular complexity index is 1320. The second-order valence-corrected chi connectivity index (χ2v) is 9.93. The minimum atomic E-state index is -0.480. The number of nitro benzene ring substituents is 1. The van der Waals surface area contributed by atoms with Crippen LogP contribution in [0, 0.1) is 10.1 Å². The third kappa shape index (κ3) is 6.62. The number of non-ortho nitro benzene ring substituents is 1. The Morgan fingerprint density at radius 3 is 2.80 bits per heavy atom. The Morgan fingerprint density at radius 1 is 1.23 bits per heavy atom. The summed E-state index contributed by atoms with van der Waals surface area (Å²) in [5.41, 5.74) is 4.00. The summed E-state index contributed by atoms with van der Waals surface area (Å²) in [6.45, 7) is 0.945. The van der Waals surface area contributed by atoms with Crippen molar-refractivity contribution >= 4 is 57.3 Å². The molecule has 178 valence electrons. The predicted molar refractivity (Wildman–Crippen MR) is 141 cm³/mol. The van der Waals surface area contributed by atoms with Gasteiger partial charge < -0.3 is 4.74 Å². The lowest BCUT2D eigenvalue weighted by Crippen LogP contribution is -2.18. The van der Waals surface area contributed by atoms with Crippen molar-refractivity contribution in [2.45, 2.75) is 11.5 Å². The first-order valence-electron chi connectivity index (χ1n) is 10.4. The highest BCUT2D eigenvalue weighted by atomic mass is 35.5. The van der Waals surface area contributed by atoms with Crippen molar-refractivity contribution in [1.82, 2.24) is 5.43 Å². The fourth-order valence-electron chi connectivity index (χ4n) is 3.09. The summed E-state index contributed by atoms with van der Waals surface area (Å²) in [4.78, 5) is 28.7. The van der Waals surface area contributed by atoms with Gasteiger partial charge in [0.1, 0.15) is 16.7 Å². The van der Waals surface area contributed by atoms with Crippen LogP contribution in [0.3, 0.4) is 0 Å². The van der Waals surface area contributed by atoms with Gasteiger partial charge in [-0.25, -0.2) is 5.43 Å². The maximum atomic E-state index is 12.8. The second-order valence-electron chi connectivity index (χ2n) is 7.15. The summed E-state index contributed by atoms with van der Waals surface area (Å²) in [6.07, 6.45) is 1.39. The minimum absolute atomic E-state index is 0.0681. The van der Waals surface area contributed by atoms with Gasteiger partial charge in [0.25, 0.3) is 11.6 Å². The predicted octanol–water partition coefficient (Wildman–Crippen LogP) is 5.79. The van der Waals surface area contributed by atoms with Gasteiger partial charge in [0.2, 0.25) is 0 Å². The van der Waals surface area contributed by atoms with Crippen molar-refractivity contribution in [2.75, 3.05) is 12.3 Å². The molecule has 0 bridgehead atoms. The first kappa shape index (κ1) is 24.8. The van der Waals surface area contributed by atoms with Gasteiger partial charge in [-0.1, -0.05) is 65.5 Å². The van der Waals surface area contributed by atoms with Gasteiger partial charge in [-0.2, -0.15) is 5.10 Å². The zero-order valence-corrected chi connectivity index (χ0v) is 20.6. The monoisotopic (exact) mass is 526 g/mol. The molecule has 0 saturated carbocycles. The number of rotatable bonds is 8. The normalized spacial score (nSPS) is 13.0. The summed E-state index contributed by atoms with van der Waals surface area (Å²) in [5.74, 6) is 0.807. The van der Waals surface area contributed by atoms with Gasteiger partial charge in [-0.05, 0) is 24.3 Å². The number of para-hydroxylation sites is 1. The number of thioether (sulfide) groups is 2. The molecule has 3 aromatic rings. The number of ether oxygens (including phenoxy) is 1. The van der Waals surface area contributed by atoms with E-state index in [1.807, 2.05) is 18.2 Å². The molecule has 4 rings (SSSR count). The smallest absolute Gasteiger partial charge is 0.275 e.